The van der Waals surface area contributed by atoms with E-state index in [-0.39, 0.29) is 18.3 Å². The van der Waals surface area contributed by atoms with Crippen LogP contribution in [0.25, 0.3) is 0 Å². The number of hydrogen-bond acceptors (Lipinski definition) is 4. The van der Waals surface area contributed by atoms with E-state index in [1.807, 2.05) is 0 Å². The van der Waals surface area contributed by atoms with Crippen LogP contribution in [0.5, 0.6) is 0 Å². The third-order valence-corrected chi connectivity index (χ3v) is 4.13. The predicted octanol–water partition coefficient (Wildman–Crippen LogP) is -0.651. The van der Waals surface area contributed by atoms with Crippen LogP contribution in [0.1, 0.15) is 19.8 Å². The maximum atomic E-state index is 11.3. The summed E-state index contributed by atoms with van der Waals surface area (Å²) in [4.78, 5) is 2.31. The van der Waals surface area contributed by atoms with Gasteiger partial charge >= 0.3 is 0 Å². The van der Waals surface area contributed by atoms with Crippen LogP contribution >= 0.6 is 0 Å². The SMILES string of the molecule is CC(CNS(=O)(=O)CCN)N1CCCC1. The van der Waals surface area contributed by atoms with Crippen molar-refractivity contribution in [2.24, 2.45) is 5.73 Å². The van der Waals surface area contributed by atoms with Gasteiger partial charge in [-0.25, -0.2) is 13.1 Å². The first-order chi connectivity index (χ1) is 7.05. The summed E-state index contributed by atoms with van der Waals surface area (Å²) in [6.07, 6.45) is 2.44. The molecule has 1 atom stereocenters. The molecule has 1 rings (SSSR count). The molecule has 1 aliphatic rings. The lowest BCUT2D eigenvalue weighted by Gasteiger charge is -2.23. The van der Waals surface area contributed by atoms with Gasteiger partial charge in [0.15, 0.2) is 0 Å². The van der Waals surface area contributed by atoms with Crippen LogP contribution in [0.2, 0.25) is 0 Å². The van der Waals surface area contributed by atoms with Crippen LogP contribution in [-0.4, -0.2) is 51.3 Å². The van der Waals surface area contributed by atoms with Crippen LogP contribution in [-0.2, 0) is 10.0 Å². The third kappa shape index (κ3) is 4.46. The minimum Gasteiger partial charge on any atom is -0.329 e. The highest BCUT2D eigenvalue weighted by atomic mass is 32.2. The lowest BCUT2D eigenvalue weighted by Crippen LogP contribution is -2.42. The quantitative estimate of drug-likeness (QED) is 0.641. The van der Waals surface area contributed by atoms with Gasteiger partial charge < -0.3 is 5.73 Å². The van der Waals surface area contributed by atoms with Gasteiger partial charge in [0.1, 0.15) is 0 Å². The van der Waals surface area contributed by atoms with Crippen molar-refractivity contribution in [3.63, 3.8) is 0 Å². The molecule has 15 heavy (non-hydrogen) atoms. The van der Waals surface area contributed by atoms with Gasteiger partial charge in [-0.15, -0.1) is 0 Å². The van der Waals surface area contributed by atoms with Gasteiger partial charge in [-0.2, -0.15) is 0 Å². The molecule has 0 amide bonds. The molecule has 1 aliphatic heterocycles. The summed E-state index contributed by atoms with van der Waals surface area (Å²) >= 11 is 0. The fourth-order valence-electron chi connectivity index (χ4n) is 1.79. The second-order valence-electron chi connectivity index (χ2n) is 4.05. The molecule has 6 heteroatoms. The average molecular weight is 235 g/mol. The number of sulfonamides is 1. The van der Waals surface area contributed by atoms with E-state index < -0.39 is 10.0 Å². The first-order valence-electron chi connectivity index (χ1n) is 5.46. The number of nitrogens with one attached hydrogen (secondary N) is 1. The maximum Gasteiger partial charge on any atom is 0.212 e. The summed E-state index contributed by atoms with van der Waals surface area (Å²) < 4.78 is 25.3. The maximum absolute atomic E-state index is 11.3. The number of rotatable bonds is 6. The molecule has 0 radical (unpaired) electrons. The standard InChI is InChI=1S/C9H21N3O2S/c1-9(12-5-2-3-6-12)8-11-15(13,14)7-4-10/h9,11H,2-8,10H2,1H3. The molecule has 1 heterocycles. The van der Waals surface area contributed by atoms with Crippen molar-refractivity contribution in [2.45, 2.75) is 25.8 Å². The van der Waals surface area contributed by atoms with Gasteiger partial charge in [-0.3, -0.25) is 4.90 Å². The molecular weight excluding hydrogens is 214 g/mol. The van der Waals surface area contributed by atoms with Gasteiger partial charge in [0, 0.05) is 19.1 Å². The Labute approximate surface area is 92.1 Å². The van der Waals surface area contributed by atoms with E-state index in [0.29, 0.717) is 6.54 Å². The van der Waals surface area contributed by atoms with E-state index in [4.69, 9.17) is 5.73 Å². The van der Waals surface area contributed by atoms with E-state index in [9.17, 15) is 8.42 Å². The van der Waals surface area contributed by atoms with Crippen LogP contribution in [0.4, 0.5) is 0 Å². The molecular formula is C9H21N3O2S. The molecule has 3 N–H and O–H groups in total. The molecule has 0 aliphatic carbocycles. The van der Waals surface area contributed by atoms with E-state index >= 15 is 0 Å². The first kappa shape index (κ1) is 12.9. The highest BCUT2D eigenvalue weighted by Gasteiger charge is 2.19. The molecule has 0 spiro atoms. The predicted molar refractivity (Wildman–Crippen MR) is 61.1 cm³/mol. The van der Waals surface area contributed by atoms with Gasteiger partial charge in [-0.1, -0.05) is 0 Å². The largest absolute Gasteiger partial charge is 0.329 e. The number of likely N-dealkylation sites (tertiary alicyclic amines) is 1. The summed E-state index contributed by atoms with van der Waals surface area (Å²) in [6.45, 7) is 4.88. The molecule has 0 aromatic rings. The zero-order chi connectivity index (χ0) is 11.3. The molecule has 1 saturated heterocycles. The zero-order valence-electron chi connectivity index (χ0n) is 9.28. The average Bonchev–Trinajstić information content (AvgIpc) is 2.67. The van der Waals surface area contributed by atoms with Crippen LogP contribution in [0.3, 0.4) is 0 Å². The summed E-state index contributed by atoms with van der Waals surface area (Å²) in [7, 11) is -3.16. The first-order valence-corrected chi connectivity index (χ1v) is 7.12. The van der Waals surface area contributed by atoms with Gasteiger partial charge in [0.25, 0.3) is 0 Å². The second kappa shape index (κ2) is 5.79. The molecule has 90 valence electrons. The van der Waals surface area contributed by atoms with E-state index in [1.54, 1.807) is 0 Å². The van der Waals surface area contributed by atoms with Gasteiger partial charge in [0.05, 0.1) is 5.75 Å². The molecule has 1 fully saturated rings. The number of hydrogen-bond donors (Lipinski definition) is 2. The van der Waals surface area contributed by atoms with Crippen molar-refractivity contribution in [2.75, 3.05) is 31.9 Å². The van der Waals surface area contributed by atoms with Crippen molar-refractivity contribution < 1.29 is 8.42 Å². The Bertz CT molecular complexity index is 273. The van der Waals surface area contributed by atoms with Gasteiger partial charge in [0.2, 0.25) is 10.0 Å². The second-order valence-corrected chi connectivity index (χ2v) is 5.97. The lowest BCUT2D eigenvalue weighted by molar-refractivity contribution is 0.260. The van der Waals surface area contributed by atoms with Crippen LogP contribution < -0.4 is 10.5 Å². The summed E-state index contributed by atoms with van der Waals surface area (Å²) in [5.74, 6) is 0.0136. The lowest BCUT2D eigenvalue weighted by atomic mass is 10.3. The Morgan fingerprint density at radius 3 is 2.53 bits per heavy atom. The van der Waals surface area contributed by atoms with E-state index in [0.717, 1.165) is 13.1 Å². The normalized spacial score (nSPS) is 20.7. The highest BCUT2D eigenvalue weighted by molar-refractivity contribution is 7.89. The molecule has 0 aromatic heterocycles. The molecule has 0 bridgehead atoms. The Balaban J connectivity index is 2.29. The summed E-state index contributed by atoms with van der Waals surface area (Å²) in [5.41, 5.74) is 5.21. The third-order valence-electron chi connectivity index (χ3n) is 2.75. The van der Waals surface area contributed by atoms with Crippen molar-refractivity contribution in [3.8, 4) is 0 Å². The van der Waals surface area contributed by atoms with Crippen molar-refractivity contribution in [3.05, 3.63) is 0 Å². The summed E-state index contributed by atoms with van der Waals surface area (Å²) in [5, 5.41) is 0. The van der Waals surface area contributed by atoms with E-state index in [1.165, 1.54) is 12.8 Å². The molecule has 0 saturated carbocycles. The van der Waals surface area contributed by atoms with E-state index in [2.05, 4.69) is 16.5 Å². The fraction of sp³-hybridized carbons (Fsp3) is 1.00. The summed E-state index contributed by atoms with van der Waals surface area (Å²) in [6, 6.07) is 0.278. The topological polar surface area (TPSA) is 75.4 Å². The van der Waals surface area contributed by atoms with Crippen molar-refractivity contribution in [1.29, 1.82) is 0 Å². The monoisotopic (exact) mass is 235 g/mol. The Hall–Kier alpha value is -0.170. The number of nitrogens with zero attached hydrogens (tertiary/aromatic N) is 1. The molecule has 1 unspecified atom stereocenters. The van der Waals surface area contributed by atoms with Crippen LogP contribution in [0, 0.1) is 0 Å². The fourth-order valence-corrected chi connectivity index (χ4v) is 2.74. The Kier molecular flexibility index (Phi) is 4.98. The smallest absolute Gasteiger partial charge is 0.212 e. The van der Waals surface area contributed by atoms with Crippen molar-refractivity contribution >= 4 is 10.0 Å². The Morgan fingerprint density at radius 1 is 1.40 bits per heavy atom. The van der Waals surface area contributed by atoms with Gasteiger partial charge in [-0.05, 0) is 32.9 Å². The highest BCUT2D eigenvalue weighted by Crippen LogP contribution is 2.10. The number of nitrogens with two attached hydrogens (primary N) is 1. The van der Waals surface area contributed by atoms with Crippen LogP contribution in [0.15, 0.2) is 0 Å². The minimum atomic E-state index is -3.16. The molecule has 5 nitrogen and oxygen atoms in total. The molecule has 0 aromatic carbocycles. The van der Waals surface area contributed by atoms with Crippen molar-refractivity contribution in [1.82, 2.24) is 9.62 Å². The zero-order valence-corrected chi connectivity index (χ0v) is 10.1. The minimum absolute atomic E-state index is 0.0136. The Morgan fingerprint density at radius 2 is 2.00 bits per heavy atom.